The van der Waals surface area contributed by atoms with Crippen LogP contribution in [0.2, 0.25) is 0 Å². The van der Waals surface area contributed by atoms with Crippen molar-refractivity contribution in [3.05, 3.63) is 24.3 Å². The third-order valence-corrected chi connectivity index (χ3v) is 3.42. The third-order valence-electron chi connectivity index (χ3n) is 3.42. The summed E-state index contributed by atoms with van der Waals surface area (Å²) in [5.74, 6) is 2.41. The molecule has 0 radical (unpaired) electrons. The molecule has 4 unspecified atom stereocenters. The Hall–Kier alpha value is -0.600. The minimum Gasteiger partial charge on any atom is -0.257 e. The zero-order valence-electron chi connectivity index (χ0n) is 7.03. The van der Waals surface area contributed by atoms with Crippen molar-refractivity contribution in [1.82, 2.24) is 10.9 Å². The van der Waals surface area contributed by atoms with Crippen LogP contribution < -0.4 is 10.9 Å². The Morgan fingerprint density at radius 1 is 1.08 bits per heavy atom. The highest BCUT2D eigenvalue weighted by Gasteiger charge is 2.38. The molecule has 1 heterocycles. The van der Waals surface area contributed by atoms with Crippen molar-refractivity contribution in [3.63, 3.8) is 0 Å². The van der Waals surface area contributed by atoms with Crippen LogP contribution in [0, 0.1) is 17.8 Å². The quantitative estimate of drug-likeness (QED) is 0.516. The topological polar surface area (TPSA) is 24.1 Å². The van der Waals surface area contributed by atoms with E-state index in [4.69, 9.17) is 0 Å². The number of allylic oxidation sites excluding steroid dienone is 3. The zero-order valence-corrected chi connectivity index (χ0v) is 7.03. The summed E-state index contributed by atoms with van der Waals surface area (Å²) in [6.07, 6.45) is 10.6. The van der Waals surface area contributed by atoms with Crippen LogP contribution in [0.25, 0.3) is 0 Å². The highest BCUT2D eigenvalue weighted by atomic mass is 15.4. The average Bonchev–Trinajstić information content (AvgIpc) is 2.71. The van der Waals surface area contributed by atoms with Gasteiger partial charge in [-0.15, -0.1) is 0 Å². The molecule has 4 atom stereocenters. The molecule has 2 aliphatic carbocycles. The van der Waals surface area contributed by atoms with E-state index in [1.807, 2.05) is 0 Å². The van der Waals surface area contributed by atoms with Crippen molar-refractivity contribution in [3.8, 4) is 0 Å². The summed E-state index contributed by atoms with van der Waals surface area (Å²) in [5, 5.41) is 0. The highest BCUT2D eigenvalue weighted by molar-refractivity contribution is 5.19. The predicted octanol–water partition coefficient (Wildman–Crippen LogP) is 0.841. The molecule has 1 aliphatic heterocycles. The number of nitrogens with one attached hydrogen (secondary N) is 2. The molecule has 0 aromatic heterocycles. The van der Waals surface area contributed by atoms with Gasteiger partial charge in [0.25, 0.3) is 0 Å². The Morgan fingerprint density at radius 3 is 3.08 bits per heavy atom. The summed E-state index contributed by atoms with van der Waals surface area (Å²) in [7, 11) is 0. The van der Waals surface area contributed by atoms with Crippen LogP contribution in [0.5, 0.6) is 0 Å². The van der Waals surface area contributed by atoms with Gasteiger partial charge >= 0.3 is 0 Å². The second-order valence-corrected chi connectivity index (χ2v) is 4.00. The lowest BCUT2D eigenvalue weighted by Crippen LogP contribution is -2.35. The van der Waals surface area contributed by atoms with Gasteiger partial charge in [-0.2, -0.15) is 0 Å². The van der Waals surface area contributed by atoms with Crippen LogP contribution in [-0.4, -0.2) is 12.6 Å². The number of hydrogen-bond donors (Lipinski definition) is 2. The predicted molar refractivity (Wildman–Crippen MR) is 48.3 cm³/mol. The summed E-state index contributed by atoms with van der Waals surface area (Å²) in [4.78, 5) is 0. The summed E-state index contributed by atoms with van der Waals surface area (Å²) < 4.78 is 0. The van der Waals surface area contributed by atoms with E-state index >= 15 is 0 Å². The van der Waals surface area contributed by atoms with E-state index in [2.05, 4.69) is 35.2 Å². The van der Waals surface area contributed by atoms with E-state index in [1.165, 1.54) is 6.42 Å². The Kier molecular flexibility index (Phi) is 1.40. The lowest BCUT2D eigenvalue weighted by atomic mass is 9.76. The molecule has 0 aromatic rings. The third kappa shape index (κ3) is 0.822. The minimum absolute atomic E-state index is 0.589. The molecular formula is C10H14N2. The van der Waals surface area contributed by atoms with Gasteiger partial charge < -0.3 is 0 Å². The molecular weight excluding hydrogens is 148 g/mol. The fourth-order valence-corrected chi connectivity index (χ4v) is 2.74. The lowest BCUT2D eigenvalue weighted by Gasteiger charge is -2.30. The average molecular weight is 162 g/mol. The van der Waals surface area contributed by atoms with Crippen molar-refractivity contribution < 1.29 is 0 Å². The normalized spacial score (nSPS) is 49.3. The van der Waals surface area contributed by atoms with Crippen molar-refractivity contribution >= 4 is 0 Å². The maximum atomic E-state index is 3.31. The van der Waals surface area contributed by atoms with E-state index in [0.717, 1.165) is 24.3 Å². The van der Waals surface area contributed by atoms with E-state index < -0.39 is 0 Å². The van der Waals surface area contributed by atoms with E-state index in [-0.39, 0.29) is 0 Å². The van der Waals surface area contributed by atoms with Gasteiger partial charge in [0.1, 0.15) is 0 Å². The summed E-state index contributed by atoms with van der Waals surface area (Å²) in [6.45, 7) is 1.14. The molecule has 0 bridgehead atoms. The van der Waals surface area contributed by atoms with E-state index in [9.17, 15) is 0 Å². The molecule has 12 heavy (non-hydrogen) atoms. The molecule has 2 heteroatoms. The van der Waals surface area contributed by atoms with Crippen LogP contribution in [-0.2, 0) is 0 Å². The Labute approximate surface area is 72.7 Å². The molecule has 64 valence electrons. The van der Waals surface area contributed by atoms with Crippen molar-refractivity contribution in [1.29, 1.82) is 0 Å². The molecule has 2 nitrogen and oxygen atoms in total. The second kappa shape index (κ2) is 2.44. The fraction of sp³-hybridized carbons (Fsp3) is 0.600. The molecule has 0 aromatic carbocycles. The van der Waals surface area contributed by atoms with Crippen molar-refractivity contribution in [2.75, 3.05) is 6.54 Å². The summed E-state index contributed by atoms with van der Waals surface area (Å²) in [6, 6.07) is 0.589. The smallest absolute Gasteiger partial charge is 0.0437 e. The first kappa shape index (κ1) is 6.87. The van der Waals surface area contributed by atoms with Crippen molar-refractivity contribution in [2.24, 2.45) is 17.8 Å². The van der Waals surface area contributed by atoms with Gasteiger partial charge in [-0.1, -0.05) is 24.3 Å². The molecule has 3 rings (SSSR count). The molecule has 0 saturated carbocycles. The van der Waals surface area contributed by atoms with Gasteiger partial charge in [-0.05, 0) is 24.2 Å². The molecule has 1 saturated heterocycles. The largest absolute Gasteiger partial charge is 0.257 e. The van der Waals surface area contributed by atoms with Gasteiger partial charge in [-0.3, -0.25) is 10.9 Å². The van der Waals surface area contributed by atoms with Crippen LogP contribution in [0.15, 0.2) is 24.3 Å². The number of hydrazine groups is 1. The highest BCUT2D eigenvalue weighted by Crippen LogP contribution is 2.38. The van der Waals surface area contributed by atoms with Gasteiger partial charge in [0.2, 0.25) is 0 Å². The molecule has 0 spiro atoms. The number of hydrogen-bond acceptors (Lipinski definition) is 2. The van der Waals surface area contributed by atoms with E-state index in [1.54, 1.807) is 0 Å². The first-order chi connectivity index (χ1) is 5.95. The van der Waals surface area contributed by atoms with Gasteiger partial charge in [0.15, 0.2) is 0 Å². The van der Waals surface area contributed by atoms with Crippen molar-refractivity contribution in [2.45, 2.75) is 12.5 Å². The van der Waals surface area contributed by atoms with Gasteiger partial charge in [0, 0.05) is 12.6 Å². The van der Waals surface area contributed by atoms with Gasteiger partial charge in [-0.25, -0.2) is 0 Å². The Morgan fingerprint density at radius 2 is 2.08 bits per heavy atom. The van der Waals surface area contributed by atoms with E-state index in [0.29, 0.717) is 6.04 Å². The fourth-order valence-electron chi connectivity index (χ4n) is 2.74. The molecule has 2 N–H and O–H groups in total. The number of fused-ring (bicyclic) bond motifs is 3. The monoisotopic (exact) mass is 162 g/mol. The molecule has 3 aliphatic rings. The second-order valence-electron chi connectivity index (χ2n) is 4.00. The van der Waals surface area contributed by atoms with Crippen LogP contribution in [0.4, 0.5) is 0 Å². The minimum atomic E-state index is 0.589. The first-order valence-electron chi connectivity index (χ1n) is 4.78. The maximum absolute atomic E-state index is 3.31. The Bertz CT molecular complexity index is 244. The maximum Gasteiger partial charge on any atom is 0.0437 e. The lowest BCUT2D eigenvalue weighted by molar-refractivity contribution is 0.299. The van der Waals surface area contributed by atoms with Crippen LogP contribution in [0.1, 0.15) is 6.42 Å². The SMILES string of the molecule is C1=CC2C=CC3NNCC3C2C1. The first-order valence-corrected chi connectivity index (χ1v) is 4.78. The summed E-state index contributed by atoms with van der Waals surface area (Å²) >= 11 is 0. The van der Waals surface area contributed by atoms with Crippen LogP contribution in [0.3, 0.4) is 0 Å². The zero-order chi connectivity index (χ0) is 7.97. The molecule has 0 amide bonds. The number of rotatable bonds is 0. The Balaban J connectivity index is 1.92. The van der Waals surface area contributed by atoms with Gasteiger partial charge in [0.05, 0.1) is 0 Å². The summed E-state index contributed by atoms with van der Waals surface area (Å²) in [5.41, 5.74) is 6.55. The molecule has 1 fully saturated rings. The standard InChI is InChI=1S/C10H14N2/c1-2-7-4-5-10-9(6-11-12-10)8(7)3-1/h1-2,4-5,7-12H,3,6H2. The van der Waals surface area contributed by atoms with Crippen LogP contribution >= 0.6 is 0 Å².